The summed E-state index contributed by atoms with van der Waals surface area (Å²) in [6.07, 6.45) is -1.98. The Labute approximate surface area is 103 Å². The van der Waals surface area contributed by atoms with E-state index in [9.17, 15) is 23.1 Å². The van der Waals surface area contributed by atoms with Crippen molar-refractivity contribution in [3.05, 3.63) is 0 Å². The Balaban J connectivity index is 2.13. The van der Waals surface area contributed by atoms with Crippen molar-refractivity contribution in [2.75, 3.05) is 19.7 Å². The van der Waals surface area contributed by atoms with Gasteiger partial charge in [-0.1, -0.05) is 0 Å². The van der Waals surface area contributed by atoms with Gasteiger partial charge in [0.25, 0.3) is 0 Å². The van der Waals surface area contributed by atoms with Crippen molar-refractivity contribution < 1.29 is 23.1 Å². The van der Waals surface area contributed by atoms with E-state index in [1.807, 2.05) is 0 Å². The highest BCUT2D eigenvalue weighted by atomic mass is 19.4. The molecule has 0 radical (unpaired) electrons. The molecule has 0 bridgehead atoms. The molecule has 2 aliphatic rings. The molecule has 2 unspecified atom stereocenters. The van der Waals surface area contributed by atoms with Crippen molar-refractivity contribution >= 4 is 5.91 Å². The molecule has 7 heteroatoms. The molecule has 104 valence electrons. The van der Waals surface area contributed by atoms with Crippen molar-refractivity contribution in [2.24, 2.45) is 0 Å². The fraction of sp³-hybridized carbons (Fsp3) is 0.909. The minimum Gasteiger partial charge on any atom is -0.394 e. The van der Waals surface area contributed by atoms with E-state index in [2.05, 4.69) is 5.32 Å². The topological polar surface area (TPSA) is 52.6 Å². The molecule has 0 saturated carbocycles. The van der Waals surface area contributed by atoms with Crippen LogP contribution in [-0.2, 0) is 4.79 Å². The molecule has 1 amide bonds. The van der Waals surface area contributed by atoms with E-state index in [-0.39, 0.29) is 18.4 Å². The molecule has 18 heavy (non-hydrogen) atoms. The first-order valence-electron chi connectivity index (χ1n) is 6.10. The summed E-state index contributed by atoms with van der Waals surface area (Å²) >= 11 is 0. The van der Waals surface area contributed by atoms with Gasteiger partial charge in [-0.25, -0.2) is 0 Å². The van der Waals surface area contributed by atoms with Gasteiger partial charge in [-0.3, -0.25) is 10.1 Å². The normalized spacial score (nSPS) is 32.8. The number of piperidine rings is 1. The molecule has 0 aliphatic carbocycles. The van der Waals surface area contributed by atoms with Gasteiger partial charge in [0.2, 0.25) is 5.91 Å². The van der Waals surface area contributed by atoms with Gasteiger partial charge in [0.1, 0.15) is 0 Å². The van der Waals surface area contributed by atoms with Gasteiger partial charge in [-0.2, -0.15) is 13.2 Å². The van der Waals surface area contributed by atoms with Gasteiger partial charge in [-0.05, 0) is 19.3 Å². The molecule has 2 saturated heterocycles. The van der Waals surface area contributed by atoms with Crippen LogP contribution in [0.2, 0.25) is 0 Å². The van der Waals surface area contributed by atoms with Crippen LogP contribution in [0.5, 0.6) is 0 Å². The summed E-state index contributed by atoms with van der Waals surface area (Å²) in [5.74, 6) is -0.163. The summed E-state index contributed by atoms with van der Waals surface area (Å²) in [6.45, 7) is -1.04. The van der Waals surface area contributed by atoms with Gasteiger partial charge in [0.05, 0.1) is 24.7 Å². The number of aliphatic hydroxyl groups is 1. The fourth-order valence-corrected chi connectivity index (χ4v) is 2.97. The van der Waals surface area contributed by atoms with E-state index in [1.54, 1.807) is 4.90 Å². The number of carbonyl (C=O) groups excluding carboxylic acids is 1. The molecule has 0 aromatic carbocycles. The lowest BCUT2D eigenvalue weighted by Crippen LogP contribution is -2.60. The fourth-order valence-electron chi connectivity index (χ4n) is 2.97. The summed E-state index contributed by atoms with van der Waals surface area (Å²) in [7, 11) is 0. The third-order valence-corrected chi connectivity index (χ3v) is 3.85. The second-order valence-corrected chi connectivity index (χ2v) is 5.06. The molecule has 2 fully saturated rings. The van der Waals surface area contributed by atoms with E-state index >= 15 is 0 Å². The average molecular weight is 266 g/mol. The lowest BCUT2D eigenvalue weighted by molar-refractivity contribution is -0.131. The first-order chi connectivity index (χ1) is 8.38. The van der Waals surface area contributed by atoms with E-state index in [4.69, 9.17) is 0 Å². The van der Waals surface area contributed by atoms with Crippen molar-refractivity contribution in [3.63, 3.8) is 0 Å². The van der Waals surface area contributed by atoms with Crippen molar-refractivity contribution in [1.82, 2.24) is 10.2 Å². The van der Waals surface area contributed by atoms with Crippen LogP contribution in [0.25, 0.3) is 0 Å². The maximum absolute atomic E-state index is 12.3. The van der Waals surface area contributed by atoms with E-state index in [1.165, 1.54) is 0 Å². The molecule has 2 heterocycles. The zero-order valence-electron chi connectivity index (χ0n) is 9.96. The molecule has 2 aliphatic heterocycles. The first kappa shape index (κ1) is 13.6. The van der Waals surface area contributed by atoms with Crippen LogP contribution >= 0.6 is 0 Å². The molecule has 2 rings (SSSR count). The highest BCUT2D eigenvalue weighted by Gasteiger charge is 2.52. The number of alkyl halides is 3. The lowest BCUT2D eigenvalue weighted by Gasteiger charge is -2.40. The van der Waals surface area contributed by atoms with Gasteiger partial charge < -0.3 is 10.0 Å². The number of aliphatic hydroxyl groups excluding tert-OH is 1. The molecular weight excluding hydrogens is 249 g/mol. The largest absolute Gasteiger partial charge is 0.401 e. The zero-order valence-corrected chi connectivity index (χ0v) is 9.96. The van der Waals surface area contributed by atoms with E-state index in [0.29, 0.717) is 13.0 Å². The Kier molecular flexibility index (Phi) is 3.55. The molecule has 0 aromatic heterocycles. The Morgan fingerprint density at radius 2 is 2.17 bits per heavy atom. The number of nitrogens with zero attached hydrogens (tertiary/aromatic N) is 1. The predicted molar refractivity (Wildman–Crippen MR) is 57.8 cm³/mol. The van der Waals surface area contributed by atoms with Crippen LogP contribution in [0, 0.1) is 0 Å². The highest BCUT2D eigenvalue weighted by molar-refractivity contribution is 5.81. The Morgan fingerprint density at radius 1 is 1.44 bits per heavy atom. The van der Waals surface area contributed by atoms with E-state index < -0.39 is 24.9 Å². The van der Waals surface area contributed by atoms with Gasteiger partial charge in [0.15, 0.2) is 0 Å². The van der Waals surface area contributed by atoms with Crippen molar-refractivity contribution in [2.45, 2.75) is 43.4 Å². The summed E-state index contributed by atoms with van der Waals surface area (Å²) in [5.41, 5.74) is -1.13. The van der Waals surface area contributed by atoms with Crippen LogP contribution in [-0.4, -0.2) is 53.4 Å². The quantitative estimate of drug-likeness (QED) is 0.789. The summed E-state index contributed by atoms with van der Waals surface area (Å²) in [5, 5.41) is 11.8. The molecule has 2 N–H and O–H groups in total. The Morgan fingerprint density at radius 3 is 2.78 bits per heavy atom. The maximum Gasteiger partial charge on any atom is 0.401 e. The van der Waals surface area contributed by atoms with Crippen molar-refractivity contribution in [1.29, 1.82) is 0 Å². The van der Waals surface area contributed by atoms with Crippen molar-refractivity contribution in [3.8, 4) is 0 Å². The average Bonchev–Trinajstić information content (AvgIpc) is 2.61. The summed E-state index contributed by atoms with van der Waals surface area (Å²) < 4.78 is 36.9. The number of halogens is 3. The maximum atomic E-state index is 12.3. The molecule has 0 spiro atoms. The lowest BCUT2D eigenvalue weighted by atomic mass is 9.86. The molecule has 4 nitrogen and oxygen atoms in total. The number of rotatable bonds is 3. The van der Waals surface area contributed by atoms with Crippen LogP contribution in [0.1, 0.15) is 25.7 Å². The van der Waals surface area contributed by atoms with Crippen LogP contribution in [0.15, 0.2) is 0 Å². The smallest absolute Gasteiger partial charge is 0.394 e. The molecular formula is C11H17F3N2O2. The minimum atomic E-state index is -4.34. The standard InChI is InChI=1S/C11H17F3N2O2/c12-11(13,14)6-15-10(7-17)5-9(18)16-4-2-1-3-8(10)16/h8,15,17H,1-7H2. The number of amides is 1. The second-order valence-electron chi connectivity index (χ2n) is 5.06. The second kappa shape index (κ2) is 4.70. The van der Waals surface area contributed by atoms with Gasteiger partial charge in [-0.15, -0.1) is 0 Å². The summed E-state index contributed by atoms with van der Waals surface area (Å²) in [6, 6.07) is -0.314. The predicted octanol–water partition coefficient (Wildman–Crippen LogP) is 0.654. The van der Waals surface area contributed by atoms with Crippen LogP contribution in [0.3, 0.4) is 0 Å². The monoisotopic (exact) mass is 266 g/mol. The zero-order chi connectivity index (χ0) is 13.4. The SMILES string of the molecule is O=C1CC(CO)(NCC(F)(F)F)C2CCCCN12. The van der Waals surface area contributed by atoms with Gasteiger partial charge in [0, 0.05) is 13.0 Å². The highest BCUT2D eigenvalue weighted by Crippen LogP contribution is 2.36. The third-order valence-electron chi connectivity index (χ3n) is 3.85. The first-order valence-corrected chi connectivity index (χ1v) is 6.10. The number of fused-ring (bicyclic) bond motifs is 1. The third kappa shape index (κ3) is 2.47. The minimum absolute atomic E-state index is 0.0513. The van der Waals surface area contributed by atoms with Crippen LogP contribution in [0.4, 0.5) is 13.2 Å². The van der Waals surface area contributed by atoms with Crippen LogP contribution < -0.4 is 5.32 Å². The van der Waals surface area contributed by atoms with Gasteiger partial charge >= 0.3 is 6.18 Å². The number of hydrogen-bond donors (Lipinski definition) is 2. The molecule has 0 aromatic rings. The number of carbonyl (C=O) groups is 1. The van der Waals surface area contributed by atoms with E-state index in [0.717, 1.165) is 12.8 Å². The summed E-state index contributed by atoms with van der Waals surface area (Å²) in [4.78, 5) is 13.4. The number of nitrogens with one attached hydrogen (secondary N) is 1. The number of hydrogen-bond acceptors (Lipinski definition) is 3. The Bertz CT molecular complexity index is 335. The molecule has 2 atom stereocenters. The Hall–Kier alpha value is -0.820.